The molecule has 1 heterocycles. The molecule has 24 heavy (non-hydrogen) atoms. The highest BCUT2D eigenvalue weighted by atomic mass is 35.5. The lowest BCUT2D eigenvalue weighted by Crippen LogP contribution is -2.36. The highest BCUT2D eigenvalue weighted by molar-refractivity contribution is 7.99. The molecular weight excluding hydrogens is 342 g/mol. The highest BCUT2D eigenvalue weighted by Crippen LogP contribution is 2.46. The monoisotopic (exact) mass is 363 g/mol. The first-order chi connectivity index (χ1) is 11.6. The first-order valence-electron chi connectivity index (χ1n) is 8.18. The Morgan fingerprint density at radius 3 is 2.79 bits per heavy atom. The number of amides is 1. The number of nitrogens with zero attached hydrogens (tertiary/aromatic N) is 2. The smallest absolute Gasteiger partial charge is 0.232 e. The molecule has 1 atom stereocenters. The molecule has 4 nitrogen and oxygen atoms in total. The Bertz CT molecular complexity index is 668. The molecule has 0 saturated heterocycles. The van der Waals surface area contributed by atoms with Gasteiger partial charge >= 0.3 is 0 Å². The Kier molecular flexibility index (Phi) is 5.51. The normalized spacial score (nSPS) is 16.6. The molecule has 1 fully saturated rings. The van der Waals surface area contributed by atoms with E-state index >= 15 is 0 Å². The number of carbonyl (C=O) groups is 1. The molecule has 0 aliphatic heterocycles. The number of benzene rings is 1. The van der Waals surface area contributed by atoms with E-state index in [0.29, 0.717) is 0 Å². The average molecular weight is 364 g/mol. The zero-order valence-electron chi connectivity index (χ0n) is 13.7. The lowest BCUT2D eigenvalue weighted by Gasteiger charge is -2.18. The molecule has 0 bridgehead atoms. The van der Waals surface area contributed by atoms with Gasteiger partial charge in [-0.3, -0.25) is 9.48 Å². The van der Waals surface area contributed by atoms with Gasteiger partial charge in [-0.05, 0) is 43.5 Å². The zero-order valence-corrected chi connectivity index (χ0v) is 15.3. The molecule has 0 spiro atoms. The van der Waals surface area contributed by atoms with E-state index in [2.05, 4.69) is 10.4 Å². The van der Waals surface area contributed by atoms with Crippen molar-refractivity contribution in [3.8, 4) is 0 Å². The predicted octanol–water partition coefficient (Wildman–Crippen LogP) is 3.75. The van der Waals surface area contributed by atoms with E-state index < -0.39 is 0 Å². The summed E-state index contributed by atoms with van der Waals surface area (Å²) in [6, 6.07) is 9.71. The van der Waals surface area contributed by atoms with Crippen LogP contribution in [0.3, 0.4) is 0 Å². The number of halogens is 1. The van der Waals surface area contributed by atoms with Crippen molar-refractivity contribution in [1.82, 2.24) is 15.1 Å². The summed E-state index contributed by atoms with van der Waals surface area (Å²) in [5, 5.41) is 8.05. The van der Waals surface area contributed by atoms with Gasteiger partial charge in [0.15, 0.2) is 0 Å². The van der Waals surface area contributed by atoms with E-state index in [4.69, 9.17) is 11.6 Å². The van der Waals surface area contributed by atoms with Gasteiger partial charge in [0, 0.05) is 41.7 Å². The van der Waals surface area contributed by atoms with E-state index in [9.17, 15) is 4.79 Å². The van der Waals surface area contributed by atoms with Crippen LogP contribution in [0.4, 0.5) is 0 Å². The van der Waals surface area contributed by atoms with E-state index in [1.165, 1.54) is 5.56 Å². The van der Waals surface area contributed by atoms with Crippen molar-refractivity contribution >= 4 is 29.3 Å². The van der Waals surface area contributed by atoms with Gasteiger partial charge in [-0.25, -0.2) is 0 Å². The van der Waals surface area contributed by atoms with Crippen molar-refractivity contribution in [2.45, 2.75) is 37.3 Å². The van der Waals surface area contributed by atoms with Crippen LogP contribution in [0.15, 0.2) is 42.7 Å². The van der Waals surface area contributed by atoms with Crippen molar-refractivity contribution in [2.24, 2.45) is 5.41 Å². The number of carbonyl (C=O) groups excluding carboxylic acids is 1. The molecule has 1 aromatic heterocycles. The molecule has 6 heteroatoms. The number of nitrogens with one attached hydrogen (secondary N) is 1. The van der Waals surface area contributed by atoms with Gasteiger partial charge in [0.05, 0.1) is 5.25 Å². The zero-order chi connectivity index (χ0) is 17.0. The third kappa shape index (κ3) is 4.77. The summed E-state index contributed by atoms with van der Waals surface area (Å²) in [5.74, 6) is 0.921. The largest absolute Gasteiger partial charge is 0.355 e. The maximum absolute atomic E-state index is 12.3. The molecule has 0 unspecified atom stereocenters. The molecule has 1 aliphatic carbocycles. The molecule has 1 amide bonds. The Labute approximate surface area is 152 Å². The van der Waals surface area contributed by atoms with Crippen LogP contribution in [0.25, 0.3) is 0 Å². The number of hydrogen-bond donors (Lipinski definition) is 1. The first-order valence-corrected chi connectivity index (χ1v) is 9.60. The number of hydrogen-bond acceptors (Lipinski definition) is 3. The number of rotatable bonds is 8. The standard InChI is InChI=1S/C18H22ClN3OS/c1-14(24-11-15-3-5-16(19)6-4-15)17(23)20-12-18(7-8-18)13-22-10-2-9-21-22/h2-6,9-10,14H,7-8,11-13H2,1H3,(H,20,23)/t14-/m1/s1. The SMILES string of the molecule is C[C@@H](SCc1ccc(Cl)cc1)C(=O)NCC1(Cn2cccn2)CC1. The molecule has 0 radical (unpaired) electrons. The fourth-order valence-electron chi connectivity index (χ4n) is 2.60. The van der Waals surface area contributed by atoms with Crippen LogP contribution in [0.2, 0.25) is 5.02 Å². The van der Waals surface area contributed by atoms with E-state index in [1.54, 1.807) is 18.0 Å². The van der Waals surface area contributed by atoms with Crippen LogP contribution in [-0.4, -0.2) is 27.5 Å². The van der Waals surface area contributed by atoms with Crippen molar-refractivity contribution in [3.05, 3.63) is 53.3 Å². The Hall–Kier alpha value is -1.46. The molecule has 1 aromatic carbocycles. The minimum Gasteiger partial charge on any atom is -0.355 e. The first kappa shape index (κ1) is 17.4. The summed E-state index contributed by atoms with van der Waals surface area (Å²) in [5.41, 5.74) is 1.38. The number of aromatic nitrogens is 2. The van der Waals surface area contributed by atoms with Crippen LogP contribution < -0.4 is 5.32 Å². The highest BCUT2D eigenvalue weighted by Gasteiger charge is 2.43. The van der Waals surface area contributed by atoms with Crippen LogP contribution in [0.1, 0.15) is 25.3 Å². The van der Waals surface area contributed by atoms with E-state index in [1.807, 2.05) is 48.1 Å². The van der Waals surface area contributed by atoms with Gasteiger partial charge < -0.3 is 5.32 Å². The van der Waals surface area contributed by atoms with Gasteiger partial charge in [0.25, 0.3) is 0 Å². The summed E-state index contributed by atoms with van der Waals surface area (Å²) in [4.78, 5) is 12.3. The van der Waals surface area contributed by atoms with Gasteiger partial charge in [-0.2, -0.15) is 5.10 Å². The maximum atomic E-state index is 12.3. The van der Waals surface area contributed by atoms with Crippen molar-refractivity contribution in [2.75, 3.05) is 6.54 Å². The summed E-state index contributed by atoms with van der Waals surface area (Å²) in [6.07, 6.45) is 6.08. The average Bonchev–Trinajstić information content (AvgIpc) is 3.15. The van der Waals surface area contributed by atoms with E-state index in [-0.39, 0.29) is 16.6 Å². The van der Waals surface area contributed by atoms with Crippen LogP contribution in [-0.2, 0) is 17.1 Å². The van der Waals surface area contributed by atoms with Crippen LogP contribution >= 0.6 is 23.4 Å². The second kappa shape index (κ2) is 7.62. The van der Waals surface area contributed by atoms with Crippen molar-refractivity contribution < 1.29 is 4.79 Å². The quantitative estimate of drug-likeness (QED) is 0.776. The van der Waals surface area contributed by atoms with Gasteiger partial charge in [-0.15, -0.1) is 11.8 Å². The molecule has 1 saturated carbocycles. The maximum Gasteiger partial charge on any atom is 0.232 e. The third-order valence-corrected chi connectivity index (χ3v) is 5.90. The number of thioether (sulfide) groups is 1. The van der Waals surface area contributed by atoms with Crippen molar-refractivity contribution in [3.63, 3.8) is 0 Å². The third-order valence-electron chi connectivity index (χ3n) is 4.43. The minimum atomic E-state index is -0.0684. The Balaban J connectivity index is 1.42. The van der Waals surface area contributed by atoms with Crippen LogP contribution in [0, 0.1) is 5.41 Å². The second-order valence-corrected chi connectivity index (χ2v) is 8.27. The molecule has 2 aromatic rings. The fourth-order valence-corrected chi connectivity index (χ4v) is 3.60. The summed E-state index contributed by atoms with van der Waals surface area (Å²) in [6.45, 7) is 3.58. The molecule has 128 valence electrons. The molecule has 1 N–H and O–H groups in total. The molecule has 3 rings (SSSR count). The van der Waals surface area contributed by atoms with Gasteiger partial charge in [-0.1, -0.05) is 23.7 Å². The predicted molar refractivity (Wildman–Crippen MR) is 99.1 cm³/mol. The van der Waals surface area contributed by atoms with Crippen LogP contribution in [0.5, 0.6) is 0 Å². The summed E-state index contributed by atoms with van der Waals surface area (Å²) < 4.78 is 1.96. The topological polar surface area (TPSA) is 46.9 Å². The van der Waals surface area contributed by atoms with Crippen molar-refractivity contribution in [1.29, 1.82) is 0 Å². The Morgan fingerprint density at radius 2 is 2.17 bits per heavy atom. The van der Waals surface area contributed by atoms with E-state index in [0.717, 1.165) is 36.7 Å². The lowest BCUT2D eigenvalue weighted by molar-refractivity contribution is -0.120. The Morgan fingerprint density at radius 1 is 1.42 bits per heavy atom. The molecular formula is C18H22ClN3OS. The van der Waals surface area contributed by atoms with Gasteiger partial charge in [0.2, 0.25) is 5.91 Å². The lowest BCUT2D eigenvalue weighted by atomic mass is 10.1. The van der Waals surface area contributed by atoms with Gasteiger partial charge in [0.1, 0.15) is 0 Å². The summed E-state index contributed by atoms with van der Waals surface area (Å²) in [7, 11) is 0. The molecule has 1 aliphatic rings. The minimum absolute atomic E-state index is 0.0684. The second-order valence-electron chi connectivity index (χ2n) is 6.50. The summed E-state index contributed by atoms with van der Waals surface area (Å²) >= 11 is 7.54. The fraction of sp³-hybridized carbons (Fsp3) is 0.444.